The zero-order valence-electron chi connectivity index (χ0n) is 6.50. The van der Waals surface area contributed by atoms with E-state index in [1.54, 1.807) is 0 Å². The Bertz CT molecular complexity index is 268. The molecule has 58 valence electrons. The normalized spacial score (nSPS) is 9.18. The lowest BCUT2D eigenvalue weighted by molar-refractivity contribution is 0.486. The standard InChI is InChI=1S/C9H11NO/c1-3-11-9-5-4-7(2)6-8(9)10/h3-6H,1,10H2,2H3. The minimum atomic E-state index is 0.643. The third-order valence-electron chi connectivity index (χ3n) is 1.38. The minimum Gasteiger partial charge on any atom is -0.463 e. The summed E-state index contributed by atoms with van der Waals surface area (Å²) < 4.78 is 5.03. The molecule has 0 aliphatic carbocycles. The highest BCUT2D eigenvalue weighted by molar-refractivity contribution is 5.54. The Kier molecular flexibility index (Phi) is 2.16. The molecule has 0 atom stereocenters. The fourth-order valence-corrected chi connectivity index (χ4v) is 0.865. The molecule has 11 heavy (non-hydrogen) atoms. The maximum absolute atomic E-state index is 5.63. The van der Waals surface area contributed by atoms with Crippen LogP contribution < -0.4 is 10.5 Å². The number of anilines is 1. The molecule has 0 saturated heterocycles. The molecule has 1 rings (SSSR count). The van der Waals surface area contributed by atoms with Crippen LogP contribution in [0.1, 0.15) is 5.56 Å². The first kappa shape index (κ1) is 7.66. The van der Waals surface area contributed by atoms with Gasteiger partial charge in [-0.2, -0.15) is 0 Å². The summed E-state index contributed by atoms with van der Waals surface area (Å²) in [6.45, 7) is 5.42. The summed E-state index contributed by atoms with van der Waals surface area (Å²) in [5.74, 6) is 0.658. The number of benzene rings is 1. The number of hydrogen-bond acceptors (Lipinski definition) is 2. The molecule has 1 aromatic rings. The molecule has 0 fully saturated rings. The number of hydrogen-bond donors (Lipinski definition) is 1. The summed E-state index contributed by atoms with van der Waals surface area (Å²) in [4.78, 5) is 0. The van der Waals surface area contributed by atoms with Crippen LogP contribution in [-0.2, 0) is 0 Å². The lowest BCUT2D eigenvalue weighted by atomic mass is 10.2. The van der Waals surface area contributed by atoms with Crippen molar-refractivity contribution in [2.75, 3.05) is 5.73 Å². The molecule has 0 aromatic heterocycles. The van der Waals surface area contributed by atoms with E-state index in [9.17, 15) is 0 Å². The van der Waals surface area contributed by atoms with Crippen LogP contribution in [0.5, 0.6) is 5.75 Å². The Morgan fingerprint density at radius 3 is 2.82 bits per heavy atom. The van der Waals surface area contributed by atoms with Crippen LogP contribution in [0.15, 0.2) is 31.0 Å². The number of nitrogen functional groups attached to an aromatic ring is 1. The van der Waals surface area contributed by atoms with Gasteiger partial charge >= 0.3 is 0 Å². The first-order chi connectivity index (χ1) is 5.24. The highest BCUT2D eigenvalue weighted by Crippen LogP contribution is 2.21. The average molecular weight is 149 g/mol. The molecule has 0 aliphatic rings. The lowest BCUT2D eigenvalue weighted by Crippen LogP contribution is -1.91. The van der Waals surface area contributed by atoms with Crippen molar-refractivity contribution < 1.29 is 4.74 Å². The van der Waals surface area contributed by atoms with Gasteiger partial charge in [-0.3, -0.25) is 0 Å². The van der Waals surface area contributed by atoms with Gasteiger partial charge in [0.05, 0.1) is 11.9 Å². The fraction of sp³-hybridized carbons (Fsp3) is 0.111. The van der Waals surface area contributed by atoms with E-state index in [2.05, 4.69) is 6.58 Å². The van der Waals surface area contributed by atoms with Gasteiger partial charge in [0.25, 0.3) is 0 Å². The van der Waals surface area contributed by atoms with Crippen molar-refractivity contribution in [1.82, 2.24) is 0 Å². The van der Waals surface area contributed by atoms with Crippen molar-refractivity contribution in [2.24, 2.45) is 0 Å². The van der Waals surface area contributed by atoms with E-state index in [0.29, 0.717) is 11.4 Å². The third kappa shape index (κ3) is 1.74. The van der Waals surface area contributed by atoms with E-state index in [4.69, 9.17) is 10.5 Å². The lowest BCUT2D eigenvalue weighted by Gasteiger charge is -2.03. The maximum Gasteiger partial charge on any atom is 0.149 e. The van der Waals surface area contributed by atoms with Gasteiger partial charge in [0.2, 0.25) is 0 Å². The highest BCUT2D eigenvalue weighted by atomic mass is 16.5. The molecule has 2 N–H and O–H groups in total. The first-order valence-electron chi connectivity index (χ1n) is 3.37. The van der Waals surface area contributed by atoms with Gasteiger partial charge in [-0.05, 0) is 24.6 Å². The van der Waals surface area contributed by atoms with Crippen LogP contribution in [0.3, 0.4) is 0 Å². The predicted molar refractivity (Wildman–Crippen MR) is 46.4 cm³/mol. The topological polar surface area (TPSA) is 35.2 Å². The molecule has 2 heteroatoms. The van der Waals surface area contributed by atoms with E-state index in [1.165, 1.54) is 6.26 Å². The Morgan fingerprint density at radius 1 is 1.55 bits per heavy atom. The highest BCUT2D eigenvalue weighted by Gasteiger charge is 1.96. The third-order valence-corrected chi connectivity index (χ3v) is 1.38. The van der Waals surface area contributed by atoms with Gasteiger partial charge in [-0.15, -0.1) is 0 Å². The maximum atomic E-state index is 5.63. The Morgan fingerprint density at radius 2 is 2.27 bits per heavy atom. The summed E-state index contributed by atoms with van der Waals surface area (Å²) in [5, 5.41) is 0. The van der Waals surface area contributed by atoms with Crippen molar-refractivity contribution in [3.63, 3.8) is 0 Å². The average Bonchev–Trinajstić information content (AvgIpc) is 1.95. The van der Waals surface area contributed by atoms with Crippen LogP contribution in [-0.4, -0.2) is 0 Å². The summed E-state index contributed by atoms with van der Waals surface area (Å²) in [7, 11) is 0. The zero-order valence-corrected chi connectivity index (χ0v) is 6.50. The van der Waals surface area contributed by atoms with Gasteiger partial charge in [-0.25, -0.2) is 0 Å². The monoisotopic (exact) mass is 149 g/mol. The SMILES string of the molecule is C=COc1ccc(C)cc1N. The van der Waals surface area contributed by atoms with E-state index >= 15 is 0 Å². The Hall–Kier alpha value is -1.44. The van der Waals surface area contributed by atoms with Gasteiger partial charge in [0.1, 0.15) is 5.75 Å². The fourth-order valence-electron chi connectivity index (χ4n) is 0.865. The second-order valence-corrected chi connectivity index (χ2v) is 2.33. The van der Waals surface area contributed by atoms with Crippen molar-refractivity contribution in [1.29, 1.82) is 0 Å². The van der Waals surface area contributed by atoms with Crippen molar-refractivity contribution in [2.45, 2.75) is 6.92 Å². The molecule has 1 aromatic carbocycles. The van der Waals surface area contributed by atoms with Crippen LogP contribution in [0, 0.1) is 6.92 Å². The molecular formula is C9H11NO. The second-order valence-electron chi connectivity index (χ2n) is 2.33. The van der Waals surface area contributed by atoms with Gasteiger partial charge < -0.3 is 10.5 Å². The van der Waals surface area contributed by atoms with Crippen LogP contribution in [0.4, 0.5) is 5.69 Å². The van der Waals surface area contributed by atoms with Crippen molar-refractivity contribution in [3.8, 4) is 5.75 Å². The van der Waals surface area contributed by atoms with E-state index in [0.717, 1.165) is 5.56 Å². The zero-order chi connectivity index (χ0) is 8.27. The quantitative estimate of drug-likeness (QED) is 0.516. The summed E-state index contributed by atoms with van der Waals surface area (Å²) in [6, 6.07) is 5.63. The van der Waals surface area contributed by atoms with Gasteiger partial charge in [-0.1, -0.05) is 12.6 Å². The molecule has 0 radical (unpaired) electrons. The molecule has 0 aliphatic heterocycles. The van der Waals surface area contributed by atoms with E-state index in [1.807, 2.05) is 25.1 Å². The summed E-state index contributed by atoms with van der Waals surface area (Å²) in [6.07, 6.45) is 1.36. The molecule has 0 saturated carbocycles. The molecule has 2 nitrogen and oxygen atoms in total. The number of nitrogens with two attached hydrogens (primary N) is 1. The van der Waals surface area contributed by atoms with Crippen LogP contribution in [0.2, 0.25) is 0 Å². The molecule has 0 bridgehead atoms. The van der Waals surface area contributed by atoms with Crippen LogP contribution >= 0.6 is 0 Å². The molecule has 0 heterocycles. The summed E-state index contributed by atoms with van der Waals surface area (Å²) in [5.41, 5.74) is 7.40. The van der Waals surface area contributed by atoms with Gasteiger partial charge in [0, 0.05) is 0 Å². The number of aryl methyl sites for hydroxylation is 1. The Balaban J connectivity index is 2.98. The van der Waals surface area contributed by atoms with Crippen LogP contribution in [0.25, 0.3) is 0 Å². The van der Waals surface area contributed by atoms with Crippen molar-refractivity contribution in [3.05, 3.63) is 36.6 Å². The predicted octanol–water partition coefficient (Wildman–Crippen LogP) is 2.10. The molecule has 0 spiro atoms. The number of rotatable bonds is 2. The largest absolute Gasteiger partial charge is 0.463 e. The van der Waals surface area contributed by atoms with Gasteiger partial charge in [0.15, 0.2) is 0 Å². The number of ether oxygens (including phenoxy) is 1. The molecule has 0 unspecified atom stereocenters. The van der Waals surface area contributed by atoms with E-state index in [-0.39, 0.29) is 0 Å². The molecular weight excluding hydrogens is 138 g/mol. The minimum absolute atomic E-state index is 0.643. The van der Waals surface area contributed by atoms with E-state index < -0.39 is 0 Å². The molecule has 0 amide bonds. The summed E-state index contributed by atoms with van der Waals surface area (Å²) >= 11 is 0. The first-order valence-corrected chi connectivity index (χ1v) is 3.37. The smallest absolute Gasteiger partial charge is 0.149 e. The second kappa shape index (κ2) is 3.10. The van der Waals surface area contributed by atoms with Crippen molar-refractivity contribution >= 4 is 5.69 Å². The Labute approximate surface area is 66.3 Å².